The van der Waals surface area contributed by atoms with E-state index in [1.54, 1.807) is 0 Å². The average molecular weight is 390 g/mol. The van der Waals surface area contributed by atoms with Crippen molar-refractivity contribution in [2.24, 2.45) is 0 Å². The molecular formula is C20H24BrNO2. The second-order valence-corrected chi connectivity index (χ2v) is 7.14. The van der Waals surface area contributed by atoms with Crippen LogP contribution < -0.4 is 10.1 Å². The SMILES string of the molecule is Cc1cc(OCC(=O)NC(C)c2ccccc2)c(C(C)C)cc1Br. The van der Waals surface area contributed by atoms with E-state index in [4.69, 9.17) is 4.74 Å². The zero-order chi connectivity index (χ0) is 17.7. The molecule has 4 heteroatoms. The fraction of sp³-hybridized carbons (Fsp3) is 0.350. The number of carbonyl (C=O) groups is 1. The van der Waals surface area contributed by atoms with Crippen LogP contribution in [0.1, 0.15) is 49.4 Å². The first-order chi connectivity index (χ1) is 11.4. The third-order valence-electron chi connectivity index (χ3n) is 3.95. The first-order valence-corrected chi connectivity index (χ1v) is 8.95. The molecule has 0 saturated heterocycles. The summed E-state index contributed by atoms with van der Waals surface area (Å²) < 4.78 is 6.86. The highest BCUT2D eigenvalue weighted by Gasteiger charge is 2.14. The van der Waals surface area contributed by atoms with Crippen molar-refractivity contribution in [3.8, 4) is 5.75 Å². The number of rotatable bonds is 6. The van der Waals surface area contributed by atoms with E-state index in [2.05, 4.69) is 41.2 Å². The Morgan fingerprint density at radius 1 is 1.17 bits per heavy atom. The molecule has 1 N–H and O–H groups in total. The van der Waals surface area contributed by atoms with E-state index in [-0.39, 0.29) is 18.6 Å². The van der Waals surface area contributed by atoms with Gasteiger partial charge < -0.3 is 10.1 Å². The molecule has 1 amide bonds. The van der Waals surface area contributed by atoms with Gasteiger partial charge in [-0.05, 0) is 48.6 Å². The minimum absolute atomic E-state index is 0.0119. The molecule has 0 radical (unpaired) electrons. The molecule has 0 saturated carbocycles. The minimum atomic E-state index is -0.123. The van der Waals surface area contributed by atoms with Gasteiger partial charge in [-0.25, -0.2) is 0 Å². The summed E-state index contributed by atoms with van der Waals surface area (Å²) in [6.45, 7) is 8.22. The summed E-state index contributed by atoms with van der Waals surface area (Å²) in [6, 6.07) is 13.9. The molecule has 1 atom stereocenters. The van der Waals surface area contributed by atoms with Crippen molar-refractivity contribution in [2.75, 3.05) is 6.61 Å². The summed E-state index contributed by atoms with van der Waals surface area (Å²) >= 11 is 3.55. The van der Waals surface area contributed by atoms with Crippen LogP contribution in [0.3, 0.4) is 0 Å². The van der Waals surface area contributed by atoms with Crippen LogP contribution in [0.25, 0.3) is 0 Å². The van der Waals surface area contributed by atoms with Gasteiger partial charge in [0.1, 0.15) is 5.75 Å². The van der Waals surface area contributed by atoms with Crippen LogP contribution in [0.5, 0.6) is 5.75 Å². The van der Waals surface area contributed by atoms with Crippen LogP contribution in [-0.2, 0) is 4.79 Å². The largest absolute Gasteiger partial charge is 0.483 e. The highest BCUT2D eigenvalue weighted by atomic mass is 79.9. The molecule has 0 spiro atoms. The van der Waals surface area contributed by atoms with E-state index in [0.29, 0.717) is 5.92 Å². The number of halogens is 1. The van der Waals surface area contributed by atoms with E-state index in [9.17, 15) is 4.79 Å². The molecule has 128 valence electrons. The molecule has 1 unspecified atom stereocenters. The first kappa shape index (κ1) is 18.5. The summed E-state index contributed by atoms with van der Waals surface area (Å²) in [5, 5.41) is 2.97. The van der Waals surface area contributed by atoms with Gasteiger partial charge in [-0.1, -0.05) is 60.1 Å². The van der Waals surface area contributed by atoms with Crippen LogP contribution >= 0.6 is 15.9 Å². The number of amides is 1. The molecule has 2 aromatic rings. The molecule has 0 fully saturated rings. The number of aryl methyl sites for hydroxylation is 1. The number of hydrogen-bond acceptors (Lipinski definition) is 2. The molecular weight excluding hydrogens is 366 g/mol. The second-order valence-electron chi connectivity index (χ2n) is 6.28. The molecule has 2 rings (SSSR count). The number of ether oxygens (including phenoxy) is 1. The van der Waals surface area contributed by atoms with Crippen molar-refractivity contribution >= 4 is 21.8 Å². The van der Waals surface area contributed by atoms with Gasteiger partial charge in [0, 0.05) is 4.47 Å². The average Bonchev–Trinajstić information content (AvgIpc) is 2.56. The molecule has 0 heterocycles. The molecule has 0 aliphatic rings. The maximum atomic E-state index is 12.2. The van der Waals surface area contributed by atoms with Crippen molar-refractivity contribution in [1.29, 1.82) is 0 Å². The van der Waals surface area contributed by atoms with Crippen molar-refractivity contribution in [3.63, 3.8) is 0 Å². The smallest absolute Gasteiger partial charge is 0.258 e. The number of nitrogens with one attached hydrogen (secondary N) is 1. The summed E-state index contributed by atoms with van der Waals surface area (Å²) in [4.78, 5) is 12.2. The minimum Gasteiger partial charge on any atom is -0.483 e. The van der Waals surface area contributed by atoms with Crippen molar-refractivity contribution in [2.45, 2.75) is 39.7 Å². The lowest BCUT2D eigenvalue weighted by atomic mass is 10.0. The van der Waals surface area contributed by atoms with E-state index in [1.165, 1.54) is 0 Å². The lowest BCUT2D eigenvalue weighted by molar-refractivity contribution is -0.123. The Morgan fingerprint density at radius 2 is 1.83 bits per heavy atom. The van der Waals surface area contributed by atoms with Gasteiger partial charge in [0.15, 0.2) is 6.61 Å². The van der Waals surface area contributed by atoms with Gasteiger partial charge in [0.05, 0.1) is 6.04 Å². The third-order valence-corrected chi connectivity index (χ3v) is 4.80. The van der Waals surface area contributed by atoms with E-state index < -0.39 is 0 Å². The highest BCUT2D eigenvalue weighted by Crippen LogP contribution is 2.32. The molecule has 0 bridgehead atoms. The van der Waals surface area contributed by atoms with E-state index in [0.717, 1.165) is 26.9 Å². The number of carbonyl (C=O) groups excluding carboxylic acids is 1. The van der Waals surface area contributed by atoms with Gasteiger partial charge >= 0.3 is 0 Å². The number of benzene rings is 2. The first-order valence-electron chi connectivity index (χ1n) is 8.15. The topological polar surface area (TPSA) is 38.3 Å². The predicted octanol–water partition coefficient (Wildman–Crippen LogP) is 5.14. The van der Waals surface area contributed by atoms with Gasteiger partial charge in [-0.15, -0.1) is 0 Å². The van der Waals surface area contributed by atoms with E-state index in [1.807, 2.05) is 50.2 Å². The summed E-state index contributed by atoms with van der Waals surface area (Å²) in [7, 11) is 0. The maximum absolute atomic E-state index is 12.2. The van der Waals surface area contributed by atoms with Crippen molar-refractivity contribution < 1.29 is 9.53 Å². The normalized spacial score (nSPS) is 12.1. The zero-order valence-electron chi connectivity index (χ0n) is 14.6. The van der Waals surface area contributed by atoms with E-state index >= 15 is 0 Å². The standard InChI is InChI=1S/C20H24BrNO2/c1-13(2)17-11-18(21)14(3)10-19(17)24-12-20(23)22-15(4)16-8-6-5-7-9-16/h5-11,13,15H,12H2,1-4H3,(H,22,23). The Labute approximate surface area is 152 Å². The van der Waals surface area contributed by atoms with Gasteiger partial charge in [-0.2, -0.15) is 0 Å². The summed E-state index contributed by atoms with van der Waals surface area (Å²) in [6.07, 6.45) is 0. The summed E-state index contributed by atoms with van der Waals surface area (Å²) in [5.41, 5.74) is 3.26. The van der Waals surface area contributed by atoms with Gasteiger partial charge in [0.25, 0.3) is 5.91 Å². The Morgan fingerprint density at radius 3 is 2.46 bits per heavy atom. The molecule has 24 heavy (non-hydrogen) atoms. The van der Waals surface area contributed by atoms with Crippen molar-refractivity contribution in [1.82, 2.24) is 5.32 Å². The Kier molecular flexibility index (Phi) is 6.44. The molecule has 0 aliphatic heterocycles. The molecule has 3 nitrogen and oxygen atoms in total. The fourth-order valence-corrected chi connectivity index (χ4v) is 2.86. The Hall–Kier alpha value is -1.81. The van der Waals surface area contributed by atoms with Crippen LogP contribution in [0.15, 0.2) is 46.9 Å². The quantitative estimate of drug-likeness (QED) is 0.742. The lowest BCUT2D eigenvalue weighted by Crippen LogP contribution is -2.31. The second kappa shape index (κ2) is 8.34. The highest BCUT2D eigenvalue weighted by molar-refractivity contribution is 9.10. The molecule has 2 aromatic carbocycles. The lowest BCUT2D eigenvalue weighted by Gasteiger charge is -2.18. The van der Waals surface area contributed by atoms with Crippen LogP contribution in [0.2, 0.25) is 0 Å². The van der Waals surface area contributed by atoms with Crippen LogP contribution in [0, 0.1) is 6.92 Å². The van der Waals surface area contributed by atoms with Gasteiger partial charge in [0.2, 0.25) is 0 Å². The predicted molar refractivity (Wildman–Crippen MR) is 101 cm³/mol. The van der Waals surface area contributed by atoms with Crippen LogP contribution in [-0.4, -0.2) is 12.5 Å². The Bertz CT molecular complexity index is 698. The monoisotopic (exact) mass is 389 g/mol. The number of hydrogen-bond donors (Lipinski definition) is 1. The zero-order valence-corrected chi connectivity index (χ0v) is 16.2. The third kappa shape index (κ3) is 4.84. The summed E-state index contributed by atoms with van der Waals surface area (Å²) in [5.74, 6) is 0.970. The van der Waals surface area contributed by atoms with Gasteiger partial charge in [-0.3, -0.25) is 4.79 Å². The van der Waals surface area contributed by atoms with Crippen LogP contribution in [0.4, 0.5) is 0 Å². The molecule has 0 aliphatic carbocycles. The molecule has 0 aromatic heterocycles. The maximum Gasteiger partial charge on any atom is 0.258 e. The van der Waals surface area contributed by atoms with Crippen molar-refractivity contribution in [3.05, 3.63) is 63.6 Å². The fourth-order valence-electron chi connectivity index (χ4n) is 2.50. The Balaban J connectivity index is 2.00.